The number of hydrogen-bond donors (Lipinski definition) is 2. The molecule has 0 radical (unpaired) electrons. The van der Waals surface area contributed by atoms with Crippen molar-refractivity contribution in [1.82, 2.24) is 5.32 Å². The third-order valence-corrected chi connectivity index (χ3v) is 5.38. The third kappa shape index (κ3) is 6.38. The Hall–Kier alpha value is -0.130. The molecule has 0 aromatic rings. The van der Waals surface area contributed by atoms with Gasteiger partial charge in [0.2, 0.25) is 0 Å². The second-order valence-corrected chi connectivity index (χ2v) is 8.72. The molecule has 0 aromatic heterocycles. The molecule has 0 amide bonds. The van der Waals surface area contributed by atoms with Crippen LogP contribution in [0.5, 0.6) is 0 Å². The minimum atomic E-state index is -3.07. The predicted molar refractivity (Wildman–Crippen MR) is 71.9 cm³/mol. The molecule has 0 rings (SSSR count). The van der Waals surface area contributed by atoms with E-state index in [1.165, 1.54) is 0 Å². The van der Waals surface area contributed by atoms with E-state index in [2.05, 4.69) is 5.32 Å². The highest BCUT2D eigenvalue weighted by atomic mass is 32.2. The number of rotatable bonds is 7. The summed E-state index contributed by atoms with van der Waals surface area (Å²) in [6.45, 7) is 9.71. The molecule has 0 bridgehead atoms. The Labute approximate surface area is 106 Å². The van der Waals surface area contributed by atoms with Gasteiger partial charge >= 0.3 is 0 Å². The summed E-state index contributed by atoms with van der Waals surface area (Å²) in [5.74, 6) is 0.110. The molecule has 1 unspecified atom stereocenters. The molecule has 0 aliphatic rings. The molecule has 0 fully saturated rings. The lowest BCUT2D eigenvalue weighted by Crippen LogP contribution is -2.41. The molecule has 0 saturated carbocycles. The summed E-state index contributed by atoms with van der Waals surface area (Å²) in [5.41, 5.74) is -0.750. The molecular formula is C12H27NO3S. The summed E-state index contributed by atoms with van der Waals surface area (Å²) in [6.07, 6.45) is 1.63. The van der Waals surface area contributed by atoms with Crippen molar-refractivity contribution < 1.29 is 13.5 Å². The lowest BCUT2D eigenvalue weighted by molar-refractivity contribution is 0.0507. The summed E-state index contributed by atoms with van der Waals surface area (Å²) >= 11 is 0. The van der Waals surface area contributed by atoms with Crippen molar-refractivity contribution in [2.24, 2.45) is 0 Å². The highest BCUT2D eigenvalue weighted by Gasteiger charge is 2.28. The van der Waals surface area contributed by atoms with Gasteiger partial charge in [-0.15, -0.1) is 0 Å². The maximum absolute atomic E-state index is 11.8. The minimum Gasteiger partial charge on any atom is -0.389 e. The van der Waals surface area contributed by atoms with E-state index in [1.807, 2.05) is 6.92 Å². The quantitative estimate of drug-likeness (QED) is 0.682. The smallest absolute Gasteiger partial charge is 0.156 e. The van der Waals surface area contributed by atoms with Crippen LogP contribution in [-0.4, -0.2) is 42.7 Å². The van der Waals surface area contributed by atoms with Crippen molar-refractivity contribution >= 4 is 9.84 Å². The van der Waals surface area contributed by atoms with E-state index in [1.54, 1.807) is 27.7 Å². The molecule has 17 heavy (non-hydrogen) atoms. The molecular weight excluding hydrogens is 238 g/mol. The Kier molecular flexibility index (Phi) is 6.11. The van der Waals surface area contributed by atoms with Gasteiger partial charge in [-0.05, 0) is 34.1 Å². The first kappa shape index (κ1) is 16.9. The maximum atomic E-state index is 11.8. The SMILES string of the molecule is CCCC(C)(O)CNCCS(=O)(=O)C(C)(C)C. The van der Waals surface area contributed by atoms with Gasteiger partial charge in [0.05, 0.1) is 16.1 Å². The van der Waals surface area contributed by atoms with Gasteiger partial charge in [0.1, 0.15) is 0 Å². The second-order valence-electron chi connectivity index (χ2n) is 5.85. The molecule has 0 saturated heterocycles. The van der Waals surface area contributed by atoms with Crippen molar-refractivity contribution in [2.75, 3.05) is 18.8 Å². The standard InChI is InChI=1S/C12H27NO3S/c1-6-7-12(5,14)10-13-8-9-17(15,16)11(2,3)4/h13-14H,6-10H2,1-5H3. The zero-order valence-electron chi connectivity index (χ0n) is 11.7. The molecule has 2 N–H and O–H groups in total. The Bertz CT molecular complexity index is 315. The zero-order valence-corrected chi connectivity index (χ0v) is 12.5. The minimum absolute atomic E-state index is 0.110. The molecule has 1 atom stereocenters. The monoisotopic (exact) mass is 265 g/mol. The van der Waals surface area contributed by atoms with Gasteiger partial charge in [0.15, 0.2) is 9.84 Å². The summed E-state index contributed by atoms with van der Waals surface area (Å²) in [6, 6.07) is 0. The summed E-state index contributed by atoms with van der Waals surface area (Å²) in [7, 11) is -3.07. The van der Waals surface area contributed by atoms with Gasteiger partial charge in [-0.2, -0.15) is 0 Å². The molecule has 0 heterocycles. The normalized spacial score (nSPS) is 16.8. The van der Waals surface area contributed by atoms with E-state index in [9.17, 15) is 13.5 Å². The van der Waals surface area contributed by atoms with Crippen molar-refractivity contribution in [3.8, 4) is 0 Å². The molecule has 104 valence electrons. The van der Waals surface area contributed by atoms with Gasteiger partial charge in [-0.25, -0.2) is 8.42 Å². The number of nitrogens with one attached hydrogen (secondary N) is 1. The first-order chi connectivity index (χ1) is 7.52. The summed E-state index contributed by atoms with van der Waals surface area (Å²) in [4.78, 5) is 0. The topological polar surface area (TPSA) is 66.4 Å². The molecule has 4 nitrogen and oxygen atoms in total. The Balaban J connectivity index is 4.03. The Morgan fingerprint density at radius 2 is 1.71 bits per heavy atom. The van der Waals surface area contributed by atoms with Crippen LogP contribution in [-0.2, 0) is 9.84 Å². The van der Waals surface area contributed by atoms with Crippen molar-refractivity contribution in [3.63, 3.8) is 0 Å². The lowest BCUT2D eigenvalue weighted by Gasteiger charge is -2.24. The van der Waals surface area contributed by atoms with Crippen LogP contribution >= 0.6 is 0 Å². The summed E-state index contributed by atoms with van der Waals surface area (Å²) < 4.78 is 22.9. The fraction of sp³-hybridized carbons (Fsp3) is 1.00. The van der Waals surface area contributed by atoms with E-state index >= 15 is 0 Å². The van der Waals surface area contributed by atoms with Crippen molar-refractivity contribution in [1.29, 1.82) is 0 Å². The van der Waals surface area contributed by atoms with Gasteiger partial charge in [0.25, 0.3) is 0 Å². The number of hydrogen-bond acceptors (Lipinski definition) is 4. The number of sulfone groups is 1. The fourth-order valence-electron chi connectivity index (χ4n) is 1.50. The van der Waals surface area contributed by atoms with E-state index in [0.29, 0.717) is 19.5 Å². The van der Waals surface area contributed by atoms with Gasteiger partial charge in [-0.3, -0.25) is 0 Å². The zero-order chi connectivity index (χ0) is 13.7. The van der Waals surface area contributed by atoms with Crippen LogP contribution in [0.15, 0.2) is 0 Å². The van der Waals surface area contributed by atoms with Crippen molar-refractivity contribution in [2.45, 2.75) is 57.8 Å². The van der Waals surface area contributed by atoms with Crippen LogP contribution in [0.4, 0.5) is 0 Å². The Morgan fingerprint density at radius 1 is 1.18 bits per heavy atom. The van der Waals surface area contributed by atoms with Gasteiger partial charge in [-0.1, -0.05) is 13.3 Å². The van der Waals surface area contributed by atoms with E-state index in [0.717, 1.165) is 6.42 Å². The van der Waals surface area contributed by atoms with Crippen LogP contribution in [0.3, 0.4) is 0 Å². The van der Waals surface area contributed by atoms with E-state index in [4.69, 9.17) is 0 Å². The van der Waals surface area contributed by atoms with E-state index < -0.39 is 20.2 Å². The second kappa shape index (κ2) is 6.16. The van der Waals surface area contributed by atoms with Crippen LogP contribution in [0.25, 0.3) is 0 Å². The average molecular weight is 265 g/mol. The first-order valence-electron chi connectivity index (χ1n) is 6.17. The van der Waals surface area contributed by atoms with Gasteiger partial charge in [0, 0.05) is 13.1 Å². The fourth-order valence-corrected chi connectivity index (χ4v) is 2.52. The molecule has 0 aliphatic heterocycles. The van der Waals surface area contributed by atoms with Crippen LogP contribution in [0.2, 0.25) is 0 Å². The lowest BCUT2D eigenvalue weighted by atomic mass is 10.0. The largest absolute Gasteiger partial charge is 0.389 e. The van der Waals surface area contributed by atoms with Crippen LogP contribution in [0.1, 0.15) is 47.5 Å². The van der Waals surface area contributed by atoms with Crippen molar-refractivity contribution in [3.05, 3.63) is 0 Å². The average Bonchev–Trinajstić information content (AvgIpc) is 2.10. The maximum Gasteiger partial charge on any atom is 0.156 e. The Morgan fingerprint density at radius 3 is 2.12 bits per heavy atom. The van der Waals surface area contributed by atoms with Crippen LogP contribution in [0, 0.1) is 0 Å². The highest BCUT2D eigenvalue weighted by Crippen LogP contribution is 2.15. The van der Waals surface area contributed by atoms with Gasteiger partial charge < -0.3 is 10.4 Å². The first-order valence-corrected chi connectivity index (χ1v) is 7.82. The third-order valence-electron chi connectivity index (χ3n) is 2.77. The molecule has 5 heteroatoms. The number of aliphatic hydroxyl groups is 1. The van der Waals surface area contributed by atoms with Crippen LogP contribution < -0.4 is 5.32 Å². The predicted octanol–water partition coefficient (Wildman–Crippen LogP) is 1.34. The summed E-state index contributed by atoms with van der Waals surface area (Å²) in [5, 5.41) is 12.9. The highest BCUT2D eigenvalue weighted by molar-refractivity contribution is 7.92. The van der Waals surface area contributed by atoms with E-state index in [-0.39, 0.29) is 5.75 Å². The molecule has 0 spiro atoms. The molecule has 0 aromatic carbocycles. The molecule has 0 aliphatic carbocycles.